The largest absolute Gasteiger partial charge is 0.352 e. The van der Waals surface area contributed by atoms with Gasteiger partial charge in [-0.25, -0.2) is 0 Å². The first-order valence-electron chi connectivity index (χ1n) is 3.79. The lowest BCUT2D eigenvalue weighted by Gasteiger charge is -1.96. The highest BCUT2D eigenvalue weighted by Crippen LogP contribution is 2.29. The van der Waals surface area contributed by atoms with Crippen LogP contribution >= 0.6 is 27.3 Å². The molecule has 1 aromatic rings. The third kappa shape index (κ3) is 1.54. The molecule has 0 spiro atoms. The SMILES string of the molecule is O=C1CCc2sc(Br)cc2CN1. The Kier molecular flexibility index (Phi) is 2.19. The zero-order valence-corrected chi connectivity index (χ0v) is 8.80. The average molecular weight is 246 g/mol. The van der Waals surface area contributed by atoms with Crippen molar-refractivity contribution in [2.24, 2.45) is 0 Å². The molecule has 0 aliphatic carbocycles. The topological polar surface area (TPSA) is 29.1 Å². The monoisotopic (exact) mass is 245 g/mol. The first-order chi connectivity index (χ1) is 5.75. The summed E-state index contributed by atoms with van der Waals surface area (Å²) in [7, 11) is 0. The molecule has 0 atom stereocenters. The number of hydrogen-bond acceptors (Lipinski definition) is 2. The molecule has 0 unspecified atom stereocenters. The lowest BCUT2D eigenvalue weighted by Crippen LogP contribution is -2.20. The Morgan fingerprint density at radius 2 is 2.33 bits per heavy atom. The molecule has 1 aromatic heterocycles. The van der Waals surface area contributed by atoms with Gasteiger partial charge in [-0.1, -0.05) is 0 Å². The number of nitrogens with one attached hydrogen (secondary N) is 1. The van der Waals surface area contributed by atoms with Gasteiger partial charge in [-0.2, -0.15) is 0 Å². The van der Waals surface area contributed by atoms with Crippen molar-refractivity contribution in [3.63, 3.8) is 0 Å². The number of carbonyl (C=O) groups excluding carboxylic acids is 1. The molecule has 0 radical (unpaired) electrons. The summed E-state index contributed by atoms with van der Waals surface area (Å²) in [6.07, 6.45) is 1.51. The fourth-order valence-corrected chi connectivity index (χ4v) is 3.07. The molecule has 0 saturated heterocycles. The van der Waals surface area contributed by atoms with Crippen molar-refractivity contribution in [1.29, 1.82) is 0 Å². The molecule has 0 saturated carbocycles. The average Bonchev–Trinajstić information content (AvgIpc) is 2.31. The lowest BCUT2D eigenvalue weighted by atomic mass is 10.2. The van der Waals surface area contributed by atoms with E-state index in [0.29, 0.717) is 13.0 Å². The van der Waals surface area contributed by atoms with E-state index in [2.05, 4.69) is 27.3 Å². The number of hydrogen-bond donors (Lipinski definition) is 1. The molecule has 64 valence electrons. The van der Waals surface area contributed by atoms with Crippen molar-refractivity contribution < 1.29 is 4.79 Å². The molecule has 1 aliphatic heterocycles. The molecular weight excluding hydrogens is 238 g/mol. The zero-order chi connectivity index (χ0) is 8.55. The van der Waals surface area contributed by atoms with Gasteiger partial charge in [0.1, 0.15) is 0 Å². The van der Waals surface area contributed by atoms with Crippen LogP contribution in [0.15, 0.2) is 9.85 Å². The summed E-state index contributed by atoms with van der Waals surface area (Å²) < 4.78 is 1.16. The first kappa shape index (κ1) is 8.26. The Balaban J connectivity index is 2.30. The second kappa shape index (κ2) is 3.18. The second-order valence-electron chi connectivity index (χ2n) is 2.78. The number of carbonyl (C=O) groups is 1. The van der Waals surface area contributed by atoms with Gasteiger partial charge in [0.05, 0.1) is 3.79 Å². The maximum atomic E-state index is 11.0. The number of fused-ring (bicyclic) bond motifs is 1. The fraction of sp³-hybridized carbons (Fsp3) is 0.375. The number of aryl methyl sites for hydroxylation is 1. The van der Waals surface area contributed by atoms with Crippen LogP contribution in [0.3, 0.4) is 0 Å². The van der Waals surface area contributed by atoms with Gasteiger partial charge in [0.25, 0.3) is 0 Å². The van der Waals surface area contributed by atoms with E-state index in [-0.39, 0.29) is 5.91 Å². The van der Waals surface area contributed by atoms with Crippen LogP contribution in [-0.2, 0) is 17.8 Å². The maximum Gasteiger partial charge on any atom is 0.220 e. The van der Waals surface area contributed by atoms with E-state index in [0.717, 1.165) is 10.2 Å². The molecule has 2 rings (SSSR count). The Hall–Kier alpha value is -0.350. The first-order valence-corrected chi connectivity index (χ1v) is 5.40. The van der Waals surface area contributed by atoms with Gasteiger partial charge in [0.2, 0.25) is 5.91 Å². The molecule has 1 amide bonds. The molecular formula is C8H8BrNOS. The summed E-state index contributed by atoms with van der Waals surface area (Å²) in [4.78, 5) is 12.3. The Morgan fingerprint density at radius 1 is 1.50 bits per heavy atom. The van der Waals surface area contributed by atoms with E-state index in [1.54, 1.807) is 11.3 Å². The molecule has 12 heavy (non-hydrogen) atoms. The second-order valence-corrected chi connectivity index (χ2v) is 5.29. The highest BCUT2D eigenvalue weighted by atomic mass is 79.9. The van der Waals surface area contributed by atoms with Gasteiger partial charge in [0.15, 0.2) is 0 Å². The van der Waals surface area contributed by atoms with Crippen LogP contribution in [0.4, 0.5) is 0 Å². The van der Waals surface area contributed by atoms with Gasteiger partial charge in [-0.05, 0) is 34.0 Å². The summed E-state index contributed by atoms with van der Waals surface area (Å²) >= 11 is 5.17. The zero-order valence-electron chi connectivity index (χ0n) is 6.39. The van der Waals surface area contributed by atoms with E-state index >= 15 is 0 Å². The summed E-state index contributed by atoms with van der Waals surface area (Å²) in [5.74, 6) is 0.162. The molecule has 0 bridgehead atoms. The molecule has 0 aromatic carbocycles. The van der Waals surface area contributed by atoms with Crippen molar-refractivity contribution >= 4 is 33.2 Å². The Labute approximate surface area is 83.1 Å². The third-order valence-corrected chi connectivity index (χ3v) is 3.66. The van der Waals surface area contributed by atoms with E-state index in [9.17, 15) is 4.79 Å². The van der Waals surface area contributed by atoms with Gasteiger partial charge in [-0.3, -0.25) is 4.79 Å². The van der Waals surface area contributed by atoms with Crippen LogP contribution in [0, 0.1) is 0 Å². The van der Waals surface area contributed by atoms with Crippen LogP contribution in [0.1, 0.15) is 16.9 Å². The summed E-state index contributed by atoms with van der Waals surface area (Å²) in [5, 5.41) is 2.86. The number of amides is 1. The minimum absolute atomic E-state index is 0.162. The van der Waals surface area contributed by atoms with E-state index < -0.39 is 0 Å². The molecule has 1 N–H and O–H groups in total. The van der Waals surface area contributed by atoms with Crippen molar-refractivity contribution in [2.45, 2.75) is 19.4 Å². The predicted octanol–water partition coefficient (Wildman–Crippen LogP) is 2.07. The van der Waals surface area contributed by atoms with Crippen LogP contribution in [0.5, 0.6) is 0 Å². The standard InChI is InChI=1S/C8H8BrNOS/c9-7-3-5-4-10-8(11)2-1-6(5)12-7/h3H,1-2,4H2,(H,10,11). The van der Waals surface area contributed by atoms with Crippen LogP contribution in [0.2, 0.25) is 0 Å². The van der Waals surface area contributed by atoms with Gasteiger partial charge < -0.3 is 5.32 Å². The van der Waals surface area contributed by atoms with Gasteiger partial charge in [-0.15, -0.1) is 11.3 Å². The van der Waals surface area contributed by atoms with Crippen molar-refractivity contribution in [3.05, 3.63) is 20.3 Å². The molecule has 2 heterocycles. The molecule has 0 fully saturated rings. The lowest BCUT2D eigenvalue weighted by molar-refractivity contribution is -0.121. The molecule has 2 nitrogen and oxygen atoms in total. The van der Waals surface area contributed by atoms with Crippen LogP contribution in [-0.4, -0.2) is 5.91 Å². The highest BCUT2D eigenvalue weighted by Gasteiger charge is 2.14. The fourth-order valence-electron chi connectivity index (χ4n) is 1.30. The predicted molar refractivity (Wildman–Crippen MR) is 52.2 cm³/mol. The highest BCUT2D eigenvalue weighted by molar-refractivity contribution is 9.11. The van der Waals surface area contributed by atoms with Crippen molar-refractivity contribution in [1.82, 2.24) is 5.32 Å². The summed E-state index contributed by atoms with van der Waals surface area (Å²) in [5.41, 5.74) is 1.26. The van der Waals surface area contributed by atoms with Crippen LogP contribution < -0.4 is 5.32 Å². The van der Waals surface area contributed by atoms with E-state index in [4.69, 9.17) is 0 Å². The number of rotatable bonds is 0. The van der Waals surface area contributed by atoms with Crippen molar-refractivity contribution in [3.8, 4) is 0 Å². The Morgan fingerprint density at radius 3 is 3.17 bits per heavy atom. The summed E-state index contributed by atoms with van der Waals surface area (Å²) in [6.45, 7) is 0.691. The normalized spacial score (nSPS) is 16.6. The Bertz CT molecular complexity index is 293. The number of thiophene rings is 1. The van der Waals surface area contributed by atoms with Gasteiger partial charge >= 0.3 is 0 Å². The maximum absolute atomic E-state index is 11.0. The van der Waals surface area contributed by atoms with Gasteiger partial charge in [0, 0.05) is 17.8 Å². The quantitative estimate of drug-likeness (QED) is 0.746. The number of halogens is 1. The molecule has 1 aliphatic rings. The van der Waals surface area contributed by atoms with Crippen LogP contribution in [0.25, 0.3) is 0 Å². The minimum Gasteiger partial charge on any atom is -0.352 e. The summed E-state index contributed by atoms with van der Waals surface area (Å²) in [6, 6.07) is 2.09. The minimum atomic E-state index is 0.162. The third-order valence-electron chi connectivity index (χ3n) is 1.92. The van der Waals surface area contributed by atoms with E-state index in [1.807, 2.05) is 0 Å². The van der Waals surface area contributed by atoms with Crippen molar-refractivity contribution in [2.75, 3.05) is 0 Å². The molecule has 4 heteroatoms. The smallest absolute Gasteiger partial charge is 0.220 e. The van der Waals surface area contributed by atoms with E-state index in [1.165, 1.54) is 10.4 Å².